The predicted octanol–water partition coefficient (Wildman–Crippen LogP) is 2.40. The van der Waals surface area contributed by atoms with Crippen molar-refractivity contribution in [1.82, 2.24) is 9.80 Å². The number of benzene rings is 1. The van der Waals surface area contributed by atoms with Gasteiger partial charge in [-0.05, 0) is 31.2 Å². The van der Waals surface area contributed by atoms with E-state index in [0.717, 1.165) is 25.4 Å². The lowest BCUT2D eigenvalue weighted by Gasteiger charge is -2.35. The molecule has 2 aromatic rings. The summed E-state index contributed by atoms with van der Waals surface area (Å²) in [6.07, 6.45) is 1.14. The molecule has 1 unspecified atom stereocenters. The van der Waals surface area contributed by atoms with Gasteiger partial charge in [0.1, 0.15) is 5.76 Å². The van der Waals surface area contributed by atoms with E-state index in [1.807, 2.05) is 41.3 Å². The van der Waals surface area contributed by atoms with Crippen molar-refractivity contribution >= 4 is 5.91 Å². The molecular weight excluding hydrogens is 320 g/mol. The molecule has 0 N–H and O–H groups in total. The molecule has 1 atom stereocenters. The number of para-hydroxylation sites is 2. The van der Waals surface area contributed by atoms with Crippen LogP contribution in [0.15, 0.2) is 47.1 Å². The molecule has 134 valence electrons. The number of nitrogens with zero attached hydrogens (tertiary/aromatic N) is 2. The number of amides is 1. The number of furan rings is 1. The second kappa shape index (κ2) is 8.07. The maximum absolute atomic E-state index is 12.6. The Kier molecular flexibility index (Phi) is 5.60. The van der Waals surface area contributed by atoms with Crippen molar-refractivity contribution in [3.05, 3.63) is 48.4 Å². The molecule has 1 aromatic carbocycles. The van der Waals surface area contributed by atoms with E-state index in [0.29, 0.717) is 24.6 Å². The Morgan fingerprint density at radius 1 is 1.12 bits per heavy atom. The van der Waals surface area contributed by atoms with E-state index >= 15 is 0 Å². The maximum Gasteiger partial charge on any atom is 0.263 e. The first kappa shape index (κ1) is 17.4. The smallest absolute Gasteiger partial charge is 0.263 e. The fourth-order valence-corrected chi connectivity index (χ4v) is 2.96. The molecule has 0 radical (unpaired) electrons. The maximum atomic E-state index is 12.6. The Morgan fingerprint density at radius 2 is 1.84 bits per heavy atom. The van der Waals surface area contributed by atoms with Gasteiger partial charge in [-0.1, -0.05) is 12.1 Å². The minimum absolute atomic E-state index is 0.00329. The largest absolute Gasteiger partial charge is 0.493 e. The molecule has 0 bridgehead atoms. The van der Waals surface area contributed by atoms with Crippen molar-refractivity contribution in [3.8, 4) is 11.5 Å². The summed E-state index contributed by atoms with van der Waals surface area (Å²) in [7, 11) is 1.59. The summed E-state index contributed by atoms with van der Waals surface area (Å²) >= 11 is 0. The van der Waals surface area contributed by atoms with Crippen LogP contribution in [0.5, 0.6) is 11.5 Å². The van der Waals surface area contributed by atoms with Crippen LogP contribution in [0.25, 0.3) is 0 Å². The normalized spacial score (nSPS) is 16.5. The number of carbonyl (C=O) groups excluding carboxylic acids is 1. The molecule has 6 nitrogen and oxygen atoms in total. The SMILES string of the molecule is COc1ccccc1OC(C)C(=O)N1CCN(Cc2ccco2)CC1. The van der Waals surface area contributed by atoms with Crippen LogP contribution in [0.3, 0.4) is 0 Å². The fourth-order valence-electron chi connectivity index (χ4n) is 2.96. The summed E-state index contributed by atoms with van der Waals surface area (Å²) < 4.78 is 16.5. The standard InChI is InChI=1S/C19H24N2O4/c1-15(25-18-8-4-3-7-17(18)23-2)19(22)21-11-9-20(10-12-21)14-16-6-5-13-24-16/h3-8,13,15H,9-12,14H2,1-2H3. The molecule has 1 aromatic heterocycles. The van der Waals surface area contributed by atoms with Gasteiger partial charge in [0.2, 0.25) is 0 Å². The van der Waals surface area contributed by atoms with E-state index in [1.54, 1.807) is 20.3 Å². The van der Waals surface area contributed by atoms with Gasteiger partial charge >= 0.3 is 0 Å². The quantitative estimate of drug-likeness (QED) is 0.805. The zero-order chi connectivity index (χ0) is 17.6. The molecular formula is C19H24N2O4. The van der Waals surface area contributed by atoms with E-state index in [9.17, 15) is 4.79 Å². The van der Waals surface area contributed by atoms with E-state index in [-0.39, 0.29) is 5.91 Å². The van der Waals surface area contributed by atoms with Crippen LogP contribution in [0.4, 0.5) is 0 Å². The lowest BCUT2D eigenvalue weighted by atomic mass is 10.2. The number of methoxy groups -OCH3 is 1. The highest BCUT2D eigenvalue weighted by atomic mass is 16.5. The van der Waals surface area contributed by atoms with Gasteiger partial charge in [0.15, 0.2) is 17.6 Å². The second-order valence-electron chi connectivity index (χ2n) is 6.09. The first-order valence-electron chi connectivity index (χ1n) is 8.50. The van der Waals surface area contributed by atoms with Gasteiger partial charge in [-0.25, -0.2) is 0 Å². The molecule has 1 fully saturated rings. The fraction of sp³-hybridized carbons (Fsp3) is 0.421. The van der Waals surface area contributed by atoms with Crippen molar-refractivity contribution in [3.63, 3.8) is 0 Å². The van der Waals surface area contributed by atoms with Crippen LogP contribution in [-0.4, -0.2) is 55.1 Å². The van der Waals surface area contributed by atoms with Gasteiger partial charge in [-0.3, -0.25) is 9.69 Å². The number of rotatable bonds is 6. The summed E-state index contributed by atoms with van der Waals surface area (Å²) in [4.78, 5) is 16.8. The predicted molar refractivity (Wildman–Crippen MR) is 93.6 cm³/mol. The summed E-state index contributed by atoms with van der Waals surface area (Å²) in [5.74, 6) is 2.17. The van der Waals surface area contributed by atoms with E-state index in [4.69, 9.17) is 13.9 Å². The lowest BCUT2D eigenvalue weighted by Crippen LogP contribution is -2.51. The van der Waals surface area contributed by atoms with Crippen LogP contribution in [0.2, 0.25) is 0 Å². The molecule has 1 saturated heterocycles. The summed E-state index contributed by atoms with van der Waals surface area (Å²) in [5.41, 5.74) is 0. The topological polar surface area (TPSA) is 55.2 Å². The Bertz CT molecular complexity index is 678. The van der Waals surface area contributed by atoms with Gasteiger partial charge in [0.05, 0.1) is 19.9 Å². The highest BCUT2D eigenvalue weighted by Crippen LogP contribution is 2.27. The lowest BCUT2D eigenvalue weighted by molar-refractivity contribution is -0.139. The van der Waals surface area contributed by atoms with Crippen LogP contribution >= 0.6 is 0 Å². The van der Waals surface area contributed by atoms with Gasteiger partial charge in [-0.15, -0.1) is 0 Å². The zero-order valence-electron chi connectivity index (χ0n) is 14.7. The van der Waals surface area contributed by atoms with Crippen LogP contribution in [-0.2, 0) is 11.3 Å². The van der Waals surface area contributed by atoms with E-state index in [2.05, 4.69) is 4.90 Å². The highest BCUT2D eigenvalue weighted by Gasteiger charge is 2.26. The first-order valence-corrected chi connectivity index (χ1v) is 8.50. The third-order valence-electron chi connectivity index (χ3n) is 4.36. The van der Waals surface area contributed by atoms with E-state index in [1.165, 1.54) is 0 Å². The Balaban J connectivity index is 1.51. The van der Waals surface area contributed by atoms with Crippen molar-refractivity contribution in [2.24, 2.45) is 0 Å². The Labute approximate surface area is 147 Å². The molecule has 3 rings (SSSR count). The van der Waals surface area contributed by atoms with Gasteiger partial charge in [-0.2, -0.15) is 0 Å². The number of ether oxygens (including phenoxy) is 2. The van der Waals surface area contributed by atoms with Crippen LogP contribution < -0.4 is 9.47 Å². The van der Waals surface area contributed by atoms with Gasteiger partial charge in [0, 0.05) is 26.2 Å². The van der Waals surface area contributed by atoms with Crippen molar-refractivity contribution in [2.45, 2.75) is 19.6 Å². The molecule has 0 spiro atoms. The first-order chi connectivity index (χ1) is 12.2. The molecule has 25 heavy (non-hydrogen) atoms. The number of hydrogen-bond acceptors (Lipinski definition) is 5. The van der Waals surface area contributed by atoms with Crippen molar-refractivity contribution < 1.29 is 18.7 Å². The molecule has 2 heterocycles. The molecule has 1 amide bonds. The third kappa shape index (κ3) is 4.33. The molecule has 1 aliphatic heterocycles. The van der Waals surface area contributed by atoms with Crippen molar-refractivity contribution in [2.75, 3.05) is 33.3 Å². The molecule has 0 saturated carbocycles. The van der Waals surface area contributed by atoms with Crippen LogP contribution in [0.1, 0.15) is 12.7 Å². The number of hydrogen-bond donors (Lipinski definition) is 0. The molecule has 0 aliphatic carbocycles. The average molecular weight is 344 g/mol. The molecule has 1 aliphatic rings. The summed E-state index contributed by atoms with van der Waals surface area (Å²) in [6, 6.07) is 11.2. The summed E-state index contributed by atoms with van der Waals surface area (Å²) in [6.45, 7) is 5.60. The zero-order valence-corrected chi connectivity index (χ0v) is 14.7. The van der Waals surface area contributed by atoms with Gasteiger partial charge < -0.3 is 18.8 Å². The average Bonchev–Trinajstić information content (AvgIpc) is 3.15. The highest BCUT2D eigenvalue weighted by molar-refractivity contribution is 5.81. The minimum atomic E-state index is -0.548. The number of carbonyl (C=O) groups is 1. The second-order valence-corrected chi connectivity index (χ2v) is 6.09. The Morgan fingerprint density at radius 3 is 2.48 bits per heavy atom. The minimum Gasteiger partial charge on any atom is -0.493 e. The molecule has 6 heteroatoms. The van der Waals surface area contributed by atoms with Crippen LogP contribution in [0, 0.1) is 0 Å². The van der Waals surface area contributed by atoms with Crippen molar-refractivity contribution in [1.29, 1.82) is 0 Å². The Hall–Kier alpha value is -2.47. The monoisotopic (exact) mass is 344 g/mol. The summed E-state index contributed by atoms with van der Waals surface area (Å²) in [5, 5.41) is 0. The number of piperazine rings is 1. The van der Waals surface area contributed by atoms with E-state index < -0.39 is 6.10 Å². The third-order valence-corrected chi connectivity index (χ3v) is 4.36. The van der Waals surface area contributed by atoms with Gasteiger partial charge in [0.25, 0.3) is 5.91 Å².